The molecular formula is C12H20O4. The van der Waals surface area contributed by atoms with Gasteiger partial charge in [0, 0.05) is 18.3 Å². The second-order valence-electron chi connectivity index (χ2n) is 5.88. The van der Waals surface area contributed by atoms with E-state index in [1.54, 1.807) is 0 Å². The molecule has 3 saturated carbocycles. The van der Waals surface area contributed by atoms with Crippen LogP contribution in [0.1, 0.15) is 44.9 Å². The lowest BCUT2D eigenvalue weighted by molar-refractivity contribution is -0.119. The molecule has 0 unspecified atom stereocenters. The number of rotatable bonds is 0. The molecular weight excluding hydrogens is 208 g/mol. The Labute approximate surface area is 94.9 Å². The maximum Gasteiger partial charge on any atom is 0.128 e. The van der Waals surface area contributed by atoms with Gasteiger partial charge in [0.05, 0.1) is 12.2 Å². The van der Waals surface area contributed by atoms with Crippen molar-refractivity contribution in [1.29, 1.82) is 0 Å². The van der Waals surface area contributed by atoms with Gasteiger partial charge in [-0.1, -0.05) is 19.3 Å². The topological polar surface area (TPSA) is 80.9 Å². The average molecular weight is 228 g/mol. The van der Waals surface area contributed by atoms with Gasteiger partial charge in [-0.05, 0) is 12.8 Å². The van der Waals surface area contributed by atoms with Crippen LogP contribution in [0.25, 0.3) is 0 Å². The van der Waals surface area contributed by atoms with E-state index in [0.29, 0.717) is 0 Å². The molecule has 4 nitrogen and oxygen atoms in total. The first-order chi connectivity index (χ1) is 7.48. The van der Waals surface area contributed by atoms with E-state index in [4.69, 9.17) is 0 Å². The second kappa shape index (κ2) is 2.99. The first-order valence-corrected chi connectivity index (χ1v) is 6.29. The number of fused-ring (bicyclic) bond motifs is 3. The zero-order valence-corrected chi connectivity index (χ0v) is 9.39. The van der Waals surface area contributed by atoms with E-state index < -0.39 is 28.8 Å². The Bertz CT molecular complexity index is 312. The molecule has 0 aliphatic heterocycles. The third-order valence-corrected chi connectivity index (χ3v) is 5.31. The van der Waals surface area contributed by atoms with Crippen molar-refractivity contribution in [2.45, 2.75) is 68.4 Å². The van der Waals surface area contributed by atoms with Crippen LogP contribution in [-0.4, -0.2) is 43.8 Å². The summed E-state index contributed by atoms with van der Waals surface area (Å²) in [6.45, 7) is 0. The minimum absolute atomic E-state index is 0.181. The Balaban J connectivity index is 1.97. The summed E-state index contributed by atoms with van der Waals surface area (Å²) >= 11 is 0. The minimum atomic E-state index is -1.36. The van der Waals surface area contributed by atoms with Gasteiger partial charge in [0.15, 0.2) is 0 Å². The van der Waals surface area contributed by atoms with Gasteiger partial charge < -0.3 is 20.4 Å². The predicted octanol–water partition coefficient (Wildman–Crippen LogP) is -0.0717. The van der Waals surface area contributed by atoms with Crippen molar-refractivity contribution in [3.05, 3.63) is 0 Å². The number of hydrogen-bond donors (Lipinski definition) is 4. The molecule has 0 aromatic carbocycles. The Morgan fingerprint density at radius 2 is 1.56 bits per heavy atom. The second-order valence-corrected chi connectivity index (χ2v) is 5.88. The molecule has 0 aromatic rings. The minimum Gasteiger partial charge on any atom is -0.393 e. The highest BCUT2D eigenvalue weighted by atomic mass is 16.4. The predicted molar refractivity (Wildman–Crippen MR) is 56.7 cm³/mol. The van der Waals surface area contributed by atoms with Crippen molar-refractivity contribution in [1.82, 2.24) is 0 Å². The molecule has 0 saturated heterocycles. The molecule has 0 radical (unpaired) electrons. The van der Waals surface area contributed by atoms with Crippen LogP contribution in [0.2, 0.25) is 0 Å². The largest absolute Gasteiger partial charge is 0.393 e. The van der Waals surface area contributed by atoms with Crippen LogP contribution in [0.5, 0.6) is 0 Å². The summed E-state index contributed by atoms with van der Waals surface area (Å²) in [5.41, 5.74) is -3.16. The van der Waals surface area contributed by atoms with Crippen molar-refractivity contribution in [2.75, 3.05) is 0 Å². The molecule has 3 aliphatic carbocycles. The Kier molecular flexibility index (Phi) is 2.05. The summed E-state index contributed by atoms with van der Waals surface area (Å²) in [6.07, 6.45) is 3.36. The molecule has 1 spiro atoms. The molecule has 4 atom stereocenters. The van der Waals surface area contributed by atoms with E-state index in [0.717, 1.165) is 32.1 Å². The van der Waals surface area contributed by atoms with Crippen LogP contribution in [0.3, 0.4) is 0 Å². The molecule has 0 aromatic heterocycles. The molecule has 0 amide bonds. The fraction of sp³-hybridized carbons (Fsp3) is 1.00. The van der Waals surface area contributed by atoms with E-state index in [-0.39, 0.29) is 12.8 Å². The molecule has 0 heterocycles. The standard InChI is InChI=1S/C12H20O4/c13-8-6-9(14)12(16)10(11(12,15)7-8)4-2-1-3-5-10/h8-9,13-16H,1-7H2/t8-,9-,11-,12-/m1/s1. The quantitative estimate of drug-likeness (QED) is 0.468. The summed E-state index contributed by atoms with van der Waals surface area (Å²) < 4.78 is 0. The van der Waals surface area contributed by atoms with E-state index in [2.05, 4.69) is 0 Å². The summed E-state index contributed by atoms with van der Waals surface area (Å²) in [7, 11) is 0. The molecule has 3 aliphatic rings. The fourth-order valence-electron chi connectivity index (χ4n) is 4.51. The molecule has 0 bridgehead atoms. The van der Waals surface area contributed by atoms with Gasteiger partial charge in [-0.2, -0.15) is 0 Å². The van der Waals surface area contributed by atoms with E-state index >= 15 is 0 Å². The van der Waals surface area contributed by atoms with Gasteiger partial charge in [0.2, 0.25) is 0 Å². The smallest absolute Gasteiger partial charge is 0.128 e. The third-order valence-electron chi connectivity index (χ3n) is 5.31. The van der Waals surface area contributed by atoms with E-state index in [9.17, 15) is 20.4 Å². The van der Waals surface area contributed by atoms with Crippen molar-refractivity contribution >= 4 is 0 Å². The van der Waals surface area contributed by atoms with Crippen molar-refractivity contribution in [2.24, 2.45) is 5.41 Å². The van der Waals surface area contributed by atoms with Crippen LogP contribution in [-0.2, 0) is 0 Å². The first-order valence-electron chi connectivity index (χ1n) is 6.29. The molecule has 3 rings (SSSR count). The summed E-state index contributed by atoms with van der Waals surface area (Å²) in [5.74, 6) is 0. The Morgan fingerprint density at radius 3 is 2.19 bits per heavy atom. The summed E-state index contributed by atoms with van der Waals surface area (Å²) in [5, 5.41) is 40.7. The fourth-order valence-corrected chi connectivity index (χ4v) is 4.51. The maximum atomic E-state index is 10.6. The molecule has 4 N–H and O–H groups in total. The van der Waals surface area contributed by atoms with Crippen LogP contribution in [0.4, 0.5) is 0 Å². The normalized spacial score (nSPS) is 54.8. The van der Waals surface area contributed by atoms with Crippen LogP contribution in [0, 0.1) is 5.41 Å². The van der Waals surface area contributed by atoms with Crippen molar-refractivity contribution in [3.63, 3.8) is 0 Å². The molecule has 3 fully saturated rings. The highest BCUT2D eigenvalue weighted by molar-refractivity contribution is 5.39. The Morgan fingerprint density at radius 1 is 0.938 bits per heavy atom. The molecule has 92 valence electrons. The van der Waals surface area contributed by atoms with Gasteiger partial charge in [-0.25, -0.2) is 0 Å². The summed E-state index contributed by atoms with van der Waals surface area (Å²) in [4.78, 5) is 0. The van der Waals surface area contributed by atoms with Crippen molar-refractivity contribution in [3.8, 4) is 0 Å². The summed E-state index contributed by atoms with van der Waals surface area (Å²) in [6, 6.07) is 0. The highest BCUT2D eigenvalue weighted by Gasteiger charge is 2.89. The van der Waals surface area contributed by atoms with Gasteiger partial charge in [0.1, 0.15) is 11.2 Å². The van der Waals surface area contributed by atoms with Crippen LogP contribution < -0.4 is 0 Å². The monoisotopic (exact) mass is 228 g/mol. The number of aliphatic hydroxyl groups excluding tert-OH is 2. The van der Waals surface area contributed by atoms with Gasteiger partial charge in [-0.15, -0.1) is 0 Å². The molecule has 4 heteroatoms. The maximum absolute atomic E-state index is 10.6. The Hall–Kier alpha value is -0.160. The SMILES string of the molecule is O[C@@H]1C[C@@H](O)[C@@]2(O)C3(CCCCC3)[C@]2(O)C1. The lowest BCUT2D eigenvalue weighted by Gasteiger charge is -2.30. The zero-order valence-electron chi connectivity index (χ0n) is 9.39. The van der Waals surface area contributed by atoms with Gasteiger partial charge >= 0.3 is 0 Å². The lowest BCUT2D eigenvalue weighted by Crippen LogP contribution is -2.46. The molecule has 16 heavy (non-hydrogen) atoms. The number of aliphatic hydroxyl groups is 4. The number of hydrogen-bond acceptors (Lipinski definition) is 4. The average Bonchev–Trinajstić information content (AvgIpc) is 2.63. The van der Waals surface area contributed by atoms with Gasteiger partial charge in [-0.3, -0.25) is 0 Å². The third kappa shape index (κ3) is 0.919. The van der Waals surface area contributed by atoms with E-state index in [1.165, 1.54) is 0 Å². The van der Waals surface area contributed by atoms with Crippen LogP contribution in [0.15, 0.2) is 0 Å². The van der Waals surface area contributed by atoms with Gasteiger partial charge in [0.25, 0.3) is 0 Å². The lowest BCUT2D eigenvalue weighted by atomic mass is 9.81. The van der Waals surface area contributed by atoms with Crippen LogP contribution >= 0.6 is 0 Å². The van der Waals surface area contributed by atoms with E-state index in [1.807, 2.05) is 0 Å². The highest BCUT2D eigenvalue weighted by Crippen LogP contribution is 2.76. The van der Waals surface area contributed by atoms with Crippen molar-refractivity contribution < 1.29 is 20.4 Å². The zero-order chi connectivity index (χ0) is 11.6. The first kappa shape index (κ1) is 11.0.